The molecule has 0 aromatic rings. The first kappa shape index (κ1) is 8.75. The third-order valence-corrected chi connectivity index (χ3v) is 1.85. The van der Waals surface area contributed by atoms with Crippen LogP contribution in [0.2, 0.25) is 0 Å². The Kier molecular flexibility index (Phi) is 3.60. The second-order valence-corrected chi connectivity index (χ2v) is 2.95. The normalized spacial score (nSPS) is 29.6. The third kappa shape index (κ3) is 3.04. The Hall–Kier alpha value is -0.340. The van der Waals surface area contributed by atoms with Crippen LogP contribution in [0.3, 0.4) is 0 Å². The molecule has 2 nitrogen and oxygen atoms in total. The smallest absolute Gasteiger partial charge is 0.0784 e. The monoisotopic (exact) mass is 156 g/mol. The average Bonchev–Trinajstić information content (AvgIpc) is 2.37. The summed E-state index contributed by atoms with van der Waals surface area (Å²) in [6.07, 6.45) is 6.65. The lowest BCUT2D eigenvalue weighted by Crippen LogP contribution is -2.11. The molecule has 0 bridgehead atoms. The fourth-order valence-corrected chi connectivity index (χ4v) is 1.15. The summed E-state index contributed by atoms with van der Waals surface area (Å²) in [6, 6.07) is 0. The minimum atomic E-state index is -0.276. The highest BCUT2D eigenvalue weighted by Crippen LogP contribution is 2.13. The molecule has 0 aromatic heterocycles. The van der Waals surface area contributed by atoms with E-state index < -0.39 is 0 Å². The van der Waals surface area contributed by atoms with Gasteiger partial charge in [-0.1, -0.05) is 25.5 Å². The molecule has 0 heterocycles. The quantitative estimate of drug-likeness (QED) is 0.493. The summed E-state index contributed by atoms with van der Waals surface area (Å²) in [5, 5.41) is 9.09. The van der Waals surface area contributed by atoms with E-state index in [0.29, 0.717) is 0 Å². The zero-order chi connectivity index (χ0) is 8.10. The summed E-state index contributed by atoms with van der Waals surface area (Å²) in [5.41, 5.74) is 0. The van der Waals surface area contributed by atoms with Gasteiger partial charge in [-0.2, -0.15) is 0 Å². The molecule has 0 radical (unpaired) electrons. The summed E-state index contributed by atoms with van der Waals surface area (Å²) in [4.78, 5) is 0. The van der Waals surface area contributed by atoms with Crippen molar-refractivity contribution in [2.75, 3.05) is 6.61 Å². The Morgan fingerprint density at radius 2 is 2.36 bits per heavy atom. The Labute approximate surface area is 67.9 Å². The largest absolute Gasteiger partial charge is 0.389 e. The van der Waals surface area contributed by atoms with Gasteiger partial charge < -0.3 is 9.84 Å². The van der Waals surface area contributed by atoms with Gasteiger partial charge in [-0.15, -0.1) is 0 Å². The van der Waals surface area contributed by atoms with E-state index in [0.717, 1.165) is 19.4 Å². The van der Waals surface area contributed by atoms with Gasteiger partial charge in [0.15, 0.2) is 0 Å². The number of unbranched alkanes of at least 4 members (excludes halogenated alkanes) is 1. The van der Waals surface area contributed by atoms with Crippen LogP contribution in [0.1, 0.15) is 26.2 Å². The summed E-state index contributed by atoms with van der Waals surface area (Å²) >= 11 is 0. The molecule has 0 aliphatic heterocycles. The predicted molar refractivity (Wildman–Crippen MR) is 44.4 cm³/mol. The fraction of sp³-hybridized carbons (Fsp3) is 0.778. The van der Waals surface area contributed by atoms with E-state index in [-0.39, 0.29) is 12.2 Å². The van der Waals surface area contributed by atoms with Crippen molar-refractivity contribution in [3.63, 3.8) is 0 Å². The molecule has 0 saturated carbocycles. The van der Waals surface area contributed by atoms with E-state index >= 15 is 0 Å². The molecule has 11 heavy (non-hydrogen) atoms. The minimum Gasteiger partial charge on any atom is -0.389 e. The van der Waals surface area contributed by atoms with E-state index in [9.17, 15) is 0 Å². The van der Waals surface area contributed by atoms with E-state index in [1.54, 1.807) is 6.08 Å². The van der Waals surface area contributed by atoms with Gasteiger partial charge in [0.1, 0.15) is 0 Å². The molecule has 0 unspecified atom stereocenters. The summed E-state index contributed by atoms with van der Waals surface area (Å²) in [7, 11) is 0. The maximum Gasteiger partial charge on any atom is 0.0784 e. The molecule has 0 aromatic carbocycles. The molecular formula is C9H16O2. The summed E-state index contributed by atoms with van der Waals surface area (Å²) in [5.74, 6) is 0. The molecular weight excluding hydrogens is 140 g/mol. The molecule has 0 amide bonds. The van der Waals surface area contributed by atoms with Gasteiger partial charge in [0, 0.05) is 13.0 Å². The van der Waals surface area contributed by atoms with Crippen LogP contribution in [0.25, 0.3) is 0 Å². The lowest BCUT2D eigenvalue weighted by Gasteiger charge is -2.09. The maximum absolute atomic E-state index is 9.09. The van der Waals surface area contributed by atoms with Gasteiger partial charge in [0.25, 0.3) is 0 Å². The molecule has 1 aliphatic rings. The van der Waals surface area contributed by atoms with Crippen LogP contribution in [-0.4, -0.2) is 23.9 Å². The summed E-state index contributed by atoms with van der Waals surface area (Å²) in [6.45, 7) is 2.96. The Morgan fingerprint density at radius 1 is 1.55 bits per heavy atom. The van der Waals surface area contributed by atoms with Crippen molar-refractivity contribution in [1.29, 1.82) is 0 Å². The van der Waals surface area contributed by atoms with E-state index in [2.05, 4.69) is 6.92 Å². The van der Waals surface area contributed by atoms with Crippen LogP contribution >= 0.6 is 0 Å². The van der Waals surface area contributed by atoms with Crippen molar-refractivity contribution < 1.29 is 9.84 Å². The number of hydrogen-bond donors (Lipinski definition) is 1. The zero-order valence-corrected chi connectivity index (χ0v) is 6.99. The van der Waals surface area contributed by atoms with Crippen molar-refractivity contribution >= 4 is 0 Å². The number of aliphatic hydroxyl groups excluding tert-OH is 1. The maximum atomic E-state index is 9.09. The van der Waals surface area contributed by atoms with Crippen LogP contribution in [0, 0.1) is 0 Å². The molecule has 1 N–H and O–H groups in total. The van der Waals surface area contributed by atoms with Crippen LogP contribution in [0.15, 0.2) is 12.2 Å². The predicted octanol–water partition coefficient (Wildman–Crippen LogP) is 1.49. The van der Waals surface area contributed by atoms with E-state index in [1.807, 2.05) is 6.08 Å². The van der Waals surface area contributed by atoms with E-state index in [4.69, 9.17) is 9.84 Å². The first-order chi connectivity index (χ1) is 5.33. The molecule has 1 rings (SSSR count). The molecule has 1 aliphatic carbocycles. The van der Waals surface area contributed by atoms with Gasteiger partial charge >= 0.3 is 0 Å². The van der Waals surface area contributed by atoms with Gasteiger partial charge in [0.05, 0.1) is 12.2 Å². The second-order valence-electron chi connectivity index (χ2n) is 2.95. The highest BCUT2D eigenvalue weighted by Gasteiger charge is 2.15. The van der Waals surface area contributed by atoms with Crippen molar-refractivity contribution in [3.05, 3.63) is 12.2 Å². The minimum absolute atomic E-state index is 0.163. The van der Waals surface area contributed by atoms with Crippen molar-refractivity contribution in [2.24, 2.45) is 0 Å². The lowest BCUT2D eigenvalue weighted by molar-refractivity contribution is 0.0623. The Bertz CT molecular complexity index is 132. The van der Waals surface area contributed by atoms with Crippen LogP contribution < -0.4 is 0 Å². The third-order valence-electron chi connectivity index (χ3n) is 1.85. The highest BCUT2D eigenvalue weighted by atomic mass is 16.5. The van der Waals surface area contributed by atoms with Crippen molar-refractivity contribution in [2.45, 2.75) is 38.4 Å². The van der Waals surface area contributed by atoms with Crippen molar-refractivity contribution in [3.8, 4) is 0 Å². The molecule has 64 valence electrons. The fourth-order valence-electron chi connectivity index (χ4n) is 1.15. The van der Waals surface area contributed by atoms with Crippen molar-refractivity contribution in [1.82, 2.24) is 0 Å². The first-order valence-electron chi connectivity index (χ1n) is 4.31. The highest BCUT2D eigenvalue weighted by molar-refractivity contribution is 5.03. The molecule has 0 fully saturated rings. The molecule has 2 atom stereocenters. The van der Waals surface area contributed by atoms with Crippen LogP contribution in [0.5, 0.6) is 0 Å². The molecule has 0 saturated heterocycles. The summed E-state index contributed by atoms with van der Waals surface area (Å²) < 4.78 is 5.47. The zero-order valence-electron chi connectivity index (χ0n) is 6.99. The standard InChI is InChI=1S/C9H16O2/c1-2-3-6-11-9-5-4-8(10)7-9/h4-5,8-10H,2-3,6-7H2,1H3/t8-,9+/m0/s1. The number of rotatable bonds is 4. The lowest BCUT2D eigenvalue weighted by atomic mass is 10.3. The Morgan fingerprint density at radius 3 is 2.91 bits per heavy atom. The van der Waals surface area contributed by atoms with Gasteiger partial charge in [-0.05, 0) is 6.42 Å². The second kappa shape index (κ2) is 4.52. The van der Waals surface area contributed by atoms with E-state index in [1.165, 1.54) is 6.42 Å². The van der Waals surface area contributed by atoms with Gasteiger partial charge in [0.2, 0.25) is 0 Å². The topological polar surface area (TPSA) is 29.5 Å². The average molecular weight is 156 g/mol. The first-order valence-corrected chi connectivity index (χ1v) is 4.31. The van der Waals surface area contributed by atoms with Gasteiger partial charge in [-0.3, -0.25) is 0 Å². The SMILES string of the molecule is CCCCO[C@@H]1C=C[C@H](O)C1. The van der Waals surface area contributed by atoms with Crippen LogP contribution in [0.4, 0.5) is 0 Å². The molecule has 2 heteroatoms. The molecule has 0 spiro atoms. The van der Waals surface area contributed by atoms with Crippen LogP contribution in [-0.2, 0) is 4.74 Å². The number of aliphatic hydroxyl groups is 1. The number of hydrogen-bond acceptors (Lipinski definition) is 2. The Balaban J connectivity index is 2.05. The number of ether oxygens (including phenoxy) is 1. The van der Waals surface area contributed by atoms with Gasteiger partial charge in [-0.25, -0.2) is 0 Å².